The Morgan fingerprint density at radius 2 is 2.00 bits per heavy atom. The maximum absolute atomic E-state index is 13.4. The van der Waals surface area contributed by atoms with E-state index < -0.39 is 33.6 Å². The molecule has 160 valence electrons. The van der Waals surface area contributed by atoms with Crippen LogP contribution in [0.3, 0.4) is 0 Å². The molecule has 0 aliphatic carbocycles. The third kappa shape index (κ3) is 5.13. The van der Waals surface area contributed by atoms with E-state index in [4.69, 9.17) is 27.9 Å². The zero-order valence-corrected chi connectivity index (χ0v) is 19.4. The molecule has 29 heavy (non-hydrogen) atoms. The Kier molecular flexibility index (Phi) is 6.67. The van der Waals surface area contributed by atoms with Crippen LogP contribution in [-0.4, -0.2) is 39.6 Å². The van der Waals surface area contributed by atoms with Gasteiger partial charge in [0.1, 0.15) is 25.4 Å². The third-order valence-corrected chi connectivity index (χ3v) is 9.02. The molecule has 2 heterocycles. The van der Waals surface area contributed by atoms with Gasteiger partial charge in [0, 0.05) is 19.2 Å². The van der Waals surface area contributed by atoms with E-state index in [2.05, 4.69) is 20.7 Å². The molecule has 1 aliphatic heterocycles. The molecule has 1 atom stereocenters. The largest absolute Gasteiger partial charge is 0.488 e. The summed E-state index contributed by atoms with van der Waals surface area (Å²) in [5, 5.41) is 0. The van der Waals surface area contributed by atoms with Crippen LogP contribution < -0.4 is 9.46 Å². The summed E-state index contributed by atoms with van der Waals surface area (Å²) in [7, 11) is -2.36. The Hall–Kier alpha value is -0.720. The summed E-state index contributed by atoms with van der Waals surface area (Å²) in [6, 6.07) is 2.82. The molecular weight excluding hydrogens is 540 g/mol. The van der Waals surface area contributed by atoms with E-state index in [9.17, 15) is 21.6 Å². The number of halogens is 6. The number of thiophene rings is 1. The summed E-state index contributed by atoms with van der Waals surface area (Å²) >= 11 is 15.8. The molecule has 0 saturated carbocycles. The first-order valence-corrected chi connectivity index (χ1v) is 12.0. The number of sulfonamides is 1. The molecule has 13 heteroatoms. The van der Waals surface area contributed by atoms with Gasteiger partial charge in [-0.15, -0.1) is 11.3 Å². The molecule has 0 bridgehead atoms. The second-order valence-corrected chi connectivity index (χ2v) is 11.0. The molecule has 5 nitrogen and oxygen atoms in total. The number of ether oxygens (including phenoxy) is 1. The number of nitrogens with zero attached hydrogens (tertiary/aromatic N) is 1. The smallest absolute Gasteiger partial charge is 0.419 e. The van der Waals surface area contributed by atoms with Gasteiger partial charge in [-0.05, 0) is 41.5 Å². The number of hydrogen-bond donors (Lipinski definition) is 1. The van der Waals surface area contributed by atoms with Crippen LogP contribution in [0.2, 0.25) is 8.67 Å². The quantitative estimate of drug-likeness (QED) is 0.514. The fourth-order valence-electron chi connectivity index (χ4n) is 2.86. The van der Waals surface area contributed by atoms with Crippen LogP contribution >= 0.6 is 50.5 Å². The van der Waals surface area contributed by atoms with Crippen LogP contribution in [0.4, 0.5) is 18.9 Å². The molecule has 0 amide bonds. The SMILES string of the molecule is CN1CCC(Oc2cc(NS(=O)(=O)c3c(Cl)sc(Cl)c3Br)ccc2C(F)(F)F)C1. The number of benzene rings is 1. The van der Waals surface area contributed by atoms with Gasteiger partial charge in [-0.2, -0.15) is 13.2 Å². The molecule has 2 aromatic rings. The third-order valence-electron chi connectivity index (χ3n) is 4.18. The minimum absolute atomic E-state index is 0.0771. The second-order valence-electron chi connectivity index (χ2n) is 6.40. The highest BCUT2D eigenvalue weighted by atomic mass is 79.9. The zero-order chi connectivity index (χ0) is 21.6. The van der Waals surface area contributed by atoms with Gasteiger partial charge < -0.3 is 9.64 Å². The first kappa shape index (κ1) is 23.0. The van der Waals surface area contributed by atoms with Crippen molar-refractivity contribution in [3.63, 3.8) is 0 Å². The lowest BCUT2D eigenvalue weighted by atomic mass is 10.1. The monoisotopic (exact) mass is 552 g/mol. The molecule has 1 fully saturated rings. The van der Waals surface area contributed by atoms with Crippen molar-refractivity contribution in [2.45, 2.75) is 23.6 Å². The fraction of sp³-hybridized carbons (Fsp3) is 0.375. The molecule has 0 spiro atoms. The highest BCUT2D eigenvalue weighted by molar-refractivity contribution is 9.10. The van der Waals surface area contributed by atoms with Gasteiger partial charge >= 0.3 is 6.18 Å². The van der Waals surface area contributed by atoms with Gasteiger partial charge in [-0.25, -0.2) is 8.42 Å². The van der Waals surface area contributed by atoms with Crippen LogP contribution in [0.15, 0.2) is 27.6 Å². The Bertz CT molecular complexity index is 1030. The molecule has 1 saturated heterocycles. The number of rotatable bonds is 5. The standard InChI is InChI=1S/C16H14BrCl2F3N2O3S2/c1-24-5-4-9(7-24)27-11-6-8(2-3-10(11)16(20,21)22)23-29(25,26)13-12(17)14(18)28-15(13)19/h2-3,6,9,23H,4-5,7H2,1H3. The highest BCUT2D eigenvalue weighted by Crippen LogP contribution is 2.44. The van der Waals surface area contributed by atoms with E-state index in [1.165, 1.54) is 0 Å². The maximum atomic E-state index is 13.4. The zero-order valence-electron chi connectivity index (χ0n) is 14.7. The van der Waals surface area contributed by atoms with E-state index in [0.717, 1.165) is 29.5 Å². The first-order chi connectivity index (χ1) is 13.4. The van der Waals surface area contributed by atoms with Crippen LogP contribution in [0, 0.1) is 0 Å². The molecular formula is C16H14BrCl2F3N2O3S2. The van der Waals surface area contributed by atoms with Crippen molar-refractivity contribution in [3.05, 3.63) is 36.9 Å². The Labute approximate surface area is 187 Å². The van der Waals surface area contributed by atoms with E-state index in [1.54, 1.807) is 0 Å². The molecule has 1 aromatic heterocycles. The Balaban J connectivity index is 1.94. The average molecular weight is 554 g/mol. The van der Waals surface area contributed by atoms with E-state index in [-0.39, 0.29) is 23.7 Å². The van der Waals surface area contributed by atoms with Gasteiger partial charge in [0.05, 0.1) is 15.7 Å². The van der Waals surface area contributed by atoms with Crippen molar-refractivity contribution in [2.75, 3.05) is 24.9 Å². The van der Waals surface area contributed by atoms with E-state index in [1.807, 2.05) is 11.9 Å². The fourth-order valence-corrected chi connectivity index (χ4v) is 7.47. The summed E-state index contributed by atoms with van der Waals surface area (Å²) in [5.41, 5.74) is -1.07. The summed E-state index contributed by atoms with van der Waals surface area (Å²) in [6.07, 6.45) is -4.50. The summed E-state index contributed by atoms with van der Waals surface area (Å²) < 4.78 is 73.4. The number of hydrogen-bond acceptors (Lipinski definition) is 5. The van der Waals surface area contributed by atoms with Crippen molar-refractivity contribution in [3.8, 4) is 5.75 Å². The lowest BCUT2D eigenvalue weighted by Gasteiger charge is -2.19. The normalized spacial score (nSPS) is 18.2. The predicted octanol–water partition coefficient (Wildman–Crippen LogP) is 5.72. The van der Waals surface area contributed by atoms with Crippen molar-refractivity contribution < 1.29 is 26.3 Å². The molecule has 0 radical (unpaired) electrons. The second kappa shape index (κ2) is 8.43. The minimum Gasteiger partial charge on any atom is -0.488 e. The number of anilines is 1. The predicted molar refractivity (Wildman–Crippen MR) is 111 cm³/mol. The van der Waals surface area contributed by atoms with E-state index >= 15 is 0 Å². The van der Waals surface area contributed by atoms with Crippen molar-refractivity contribution in [1.29, 1.82) is 0 Å². The van der Waals surface area contributed by atoms with Crippen LogP contribution in [-0.2, 0) is 16.2 Å². The van der Waals surface area contributed by atoms with Crippen molar-refractivity contribution in [1.82, 2.24) is 4.90 Å². The number of alkyl halides is 3. The lowest BCUT2D eigenvalue weighted by Crippen LogP contribution is -2.23. The molecule has 1 unspecified atom stereocenters. The summed E-state index contributed by atoms with van der Waals surface area (Å²) in [4.78, 5) is 1.65. The van der Waals surface area contributed by atoms with Gasteiger partial charge in [-0.1, -0.05) is 23.2 Å². The summed E-state index contributed by atoms with van der Waals surface area (Å²) in [5.74, 6) is -0.438. The van der Waals surface area contributed by atoms with Crippen LogP contribution in [0.25, 0.3) is 0 Å². The average Bonchev–Trinajstić information content (AvgIpc) is 3.08. The minimum atomic E-state index is -4.65. The van der Waals surface area contributed by atoms with Crippen molar-refractivity contribution in [2.24, 2.45) is 0 Å². The highest BCUT2D eigenvalue weighted by Gasteiger charge is 2.36. The van der Waals surface area contributed by atoms with E-state index in [0.29, 0.717) is 19.5 Å². The lowest BCUT2D eigenvalue weighted by molar-refractivity contribution is -0.139. The maximum Gasteiger partial charge on any atom is 0.419 e. The number of nitrogens with one attached hydrogen (secondary N) is 1. The number of likely N-dealkylation sites (tertiary alicyclic amines) is 1. The van der Waals surface area contributed by atoms with Crippen LogP contribution in [0.1, 0.15) is 12.0 Å². The van der Waals surface area contributed by atoms with Gasteiger partial charge in [-0.3, -0.25) is 4.72 Å². The van der Waals surface area contributed by atoms with Gasteiger partial charge in [0.15, 0.2) is 0 Å². The van der Waals surface area contributed by atoms with Crippen molar-refractivity contribution >= 4 is 66.2 Å². The van der Waals surface area contributed by atoms with Gasteiger partial charge in [0.2, 0.25) is 0 Å². The summed E-state index contributed by atoms with van der Waals surface area (Å²) in [6.45, 7) is 1.17. The molecule has 1 aliphatic rings. The first-order valence-electron chi connectivity index (χ1n) is 8.11. The number of likely N-dealkylation sites (N-methyl/N-ethyl adjacent to an activating group) is 1. The Morgan fingerprint density at radius 3 is 2.52 bits per heavy atom. The Morgan fingerprint density at radius 1 is 1.31 bits per heavy atom. The topological polar surface area (TPSA) is 58.6 Å². The molecule has 3 rings (SSSR count). The van der Waals surface area contributed by atoms with Crippen LogP contribution in [0.5, 0.6) is 5.75 Å². The molecule has 1 N–H and O–H groups in total. The molecule has 1 aromatic carbocycles. The van der Waals surface area contributed by atoms with Gasteiger partial charge in [0.25, 0.3) is 10.0 Å².